The van der Waals surface area contributed by atoms with Crippen LogP contribution < -0.4 is 0 Å². The molecule has 8 heteroatoms. The van der Waals surface area contributed by atoms with E-state index < -0.39 is 16.0 Å². The maximum Gasteiger partial charge on any atom is 0.338 e. The number of pyridine rings is 1. The van der Waals surface area contributed by atoms with E-state index in [9.17, 15) is 13.2 Å². The molecule has 0 aliphatic rings. The van der Waals surface area contributed by atoms with E-state index >= 15 is 0 Å². The fraction of sp³-hybridized carbons (Fsp3) is 0.200. The van der Waals surface area contributed by atoms with Gasteiger partial charge in [0, 0.05) is 18.9 Å². The molecule has 3 aromatic rings. The summed E-state index contributed by atoms with van der Waals surface area (Å²) in [6.45, 7) is 2.17. The van der Waals surface area contributed by atoms with Crippen LogP contribution in [0.4, 0.5) is 0 Å². The van der Waals surface area contributed by atoms with E-state index in [4.69, 9.17) is 9.15 Å². The van der Waals surface area contributed by atoms with Crippen molar-refractivity contribution in [3.63, 3.8) is 0 Å². The van der Waals surface area contributed by atoms with Crippen molar-refractivity contribution in [3.05, 3.63) is 84.1 Å². The Morgan fingerprint density at radius 2 is 1.89 bits per heavy atom. The van der Waals surface area contributed by atoms with Crippen LogP contribution in [0.5, 0.6) is 0 Å². The third-order valence-corrected chi connectivity index (χ3v) is 5.80. The van der Waals surface area contributed by atoms with E-state index in [1.165, 1.54) is 34.8 Å². The minimum atomic E-state index is -3.84. The molecule has 28 heavy (non-hydrogen) atoms. The first kappa shape index (κ1) is 19.8. The zero-order chi connectivity index (χ0) is 20.0. The second-order valence-electron chi connectivity index (χ2n) is 5.96. The van der Waals surface area contributed by atoms with E-state index in [1.54, 1.807) is 37.5 Å². The molecule has 1 aromatic carbocycles. The van der Waals surface area contributed by atoms with Crippen LogP contribution in [0.1, 0.15) is 28.6 Å². The molecule has 0 atom stereocenters. The van der Waals surface area contributed by atoms with Crippen molar-refractivity contribution in [2.75, 3.05) is 6.61 Å². The van der Waals surface area contributed by atoms with Crippen LogP contribution in [0.2, 0.25) is 0 Å². The van der Waals surface area contributed by atoms with Gasteiger partial charge in [0.2, 0.25) is 10.0 Å². The molecule has 0 saturated heterocycles. The Hall–Kier alpha value is -2.97. The quantitative estimate of drug-likeness (QED) is 0.539. The lowest BCUT2D eigenvalue weighted by atomic mass is 10.2. The molecule has 0 amide bonds. The molecule has 0 unspecified atom stereocenters. The number of sulfonamides is 1. The average molecular weight is 400 g/mol. The Labute approximate surface area is 163 Å². The summed E-state index contributed by atoms with van der Waals surface area (Å²) in [5.74, 6) is 0.0323. The van der Waals surface area contributed by atoms with Crippen LogP contribution in [0.15, 0.2) is 76.5 Å². The first-order valence-electron chi connectivity index (χ1n) is 8.69. The molecule has 0 aliphatic heterocycles. The average Bonchev–Trinajstić information content (AvgIpc) is 3.22. The zero-order valence-corrected chi connectivity index (χ0v) is 16.1. The molecule has 0 fully saturated rings. The van der Waals surface area contributed by atoms with Crippen molar-refractivity contribution in [2.45, 2.75) is 24.9 Å². The lowest BCUT2D eigenvalue weighted by molar-refractivity contribution is 0.0526. The number of hydrogen-bond acceptors (Lipinski definition) is 6. The van der Waals surface area contributed by atoms with Gasteiger partial charge >= 0.3 is 5.97 Å². The summed E-state index contributed by atoms with van der Waals surface area (Å²) in [4.78, 5) is 15.9. The number of furan rings is 1. The van der Waals surface area contributed by atoms with Gasteiger partial charge in [-0.05, 0) is 55.0 Å². The summed E-state index contributed by atoms with van der Waals surface area (Å²) in [7, 11) is -3.84. The summed E-state index contributed by atoms with van der Waals surface area (Å²) < 4.78 is 38.0. The maximum absolute atomic E-state index is 13.2. The fourth-order valence-electron chi connectivity index (χ4n) is 2.62. The number of hydrogen-bond donors (Lipinski definition) is 0. The topological polar surface area (TPSA) is 89.7 Å². The van der Waals surface area contributed by atoms with Gasteiger partial charge in [-0.3, -0.25) is 4.98 Å². The van der Waals surface area contributed by atoms with Crippen LogP contribution in [0.25, 0.3) is 0 Å². The standard InChI is InChI=1S/C20H20N2O5S/c1-2-26-20(23)17-7-9-19(10-8-17)28(24,25)22(15-18-6-4-12-27-18)14-16-5-3-11-21-13-16/h3-13H,2,14-15H2,1H3. The van der Waals surface area contributed by atoms with E-state index in [0.717, 1.165) is 5.56 Å². The van der Waals surface area contributed by atoms with E-state index in [1.807, 2.05) is 6.07 Å². The van der Waals surface area contributed by atoms with E-state index in [2.05, 4.69) is 4.98 Å². The Balaban J connectivity index is 1.89. The highest BCUT2D eigenvalue weighted by atomic mass is 32.2. The fourth-order valence-corrected chi connectivity index (χ4v) is 4.02. The summed E-state index contributed by atoms with van der Waals surface area (Å²) in [5, 5.41) is 0. The third kappa shape index (κ3) is 4.65. The molecule has 146 valence electrons. The number of rotatable bonds is 8. The molecule has 2 heterocycles. The van der Waals surface area contributed by atoms with Crippen molar-refractivity contribution < 1.29 is 22.4 Å². The van der Waals surface area contributed by atoms with Gasteiger partial charge in [-0.2, -0.15) is 4.31 Å². The van der Waals surface area contributed by atoms with Crippen LogP contribution in [0, 0.1) is 0 Å². The Morgan fingerprint density at radius 1 is 1.11 bits per heavy atom. The first-order valence-corrected chi connectivity index (χ1v) is 10.1. The Bertz CT molecular complexity index is 1000. The van der Waals surface area contributed by atoms with Gasteiger partial charge < -0.3 is 9.15 Å². The molecule has 0 saturated carbocycles. The predicted molar refractivity (Wildman–Crippen MR) is 102 cm³/mol. The minimum Gasteiger partial charge on any atom is -0.468 e. The van der Waals surface area contributed by atoms with Gasteiger partial charge in [-0.25, -0.2) is 13.2 Å². The maximum atomic E-state index is 13.2. The molecule has 0 radical (unpaired) electrons. The summed E-state index contributed by atoms with van der Waals surface area (Å²) in [6, 6.07) is 12.7. The van der Waals surface area contributed by atoms with Gasteiger partial charge in [0.05, 0.1) is 29.9 Å². The van der Waals surface area contributed by atoms with Crippen LogP contribution >= 0.6 is 0 Å². The molecule has 7 nitrogen and oxygen atoms in total. The van der Waals surface area contributed by atoms with E-state index in [-0.39, 0.29) is 24.6 Å². The predicted octanol–water partition coefficient (Wildman–Crippen LogP) is 3.24. The number of benzene rings is 1. The normalized spacial score (nSPS) is 11.5. The smallest absolute Gasteiger partial charge is 0.338 e. The molecule has 3 rings (SSSR count). The van der Waals surface area contributed by atoms with Gasteiger partial charge in [0.15, 0.2) is 0 Å². The molecular weight excluding hydrogens is 380 g/mol. The second kappa shape index (κ2) is 8.81. The third-order valence-electron chi connectivity index (χ3n) is 4.00. The van der Waals surface area contributed by atoms with Crippen molar-refractivity contribution in [2.24, 2.45) is 0 Å². The van der Waals surface area contributed by atoms with Crippen molar-refractivity contribution >= 4 is 16.0 Å². The van der Waals surface area contributed by atoms with Crippen LogP contribution in [-0.4, -0.2) is 30.3 Å². The van der Waals surface area contributed by atoms with E-state index in [0.29, 0.717) is 11.3 Å². The summed E-state index contributed by atoms with van der Waals surface area (Å²) in [5.41, 5.74) is 1.05. The van der Waals surface area contributed by atoms with Gasteiger partial charge in [-0.1, -0.05) is 6.07 Å². The number of carbonyl (C=O) groups is 1. The van der Waals surface area contributed by atoms with Crippen LogP contribution in [0.3, 0.4) is 0 Å². The number of ether oxygens (including phenoxy) is 1. The van der Waals surface area contributed by atoms with Crippen LogP contribution in [-0.2, 0) is 27.8 Å². The van der Waals surface area contributed by atoms with Gasteiger partial charge in [0.25, 0.3) is 0 Å². The number of nitrogens with zero attached hydrogens (tertiary/aromatic N) is 2. The lowest BCUT2D eigenvalue weighted by Crippen LogP contribution is -2.30. The lowest BCUT2D eigenvalue weighted by Gasteiger charge is -2.21. The minimum absolute atomic E-state index is 0.0733. The number of carbonyl (C=O) groups excluding carboxylic acids is 1. The molecule has 0 aliphatic carbocycles. The molecule has 0 spiro atoms. The zero-order valence-electron chi connectivity index (χ0n) is 15.3. The van der Waals surface area contributed by atoms with Gasteiger partial charge in [-0.15, -0.1) is 0 Å². The first-order chi connectivity index (χ1) is 13.5. The van der Waals surface area contributed by atoms with Gasteiger partial charge in [0.1, 0.15) is 5.76 Å². The van der Waals surface area contributed by atoms with Crippen molar-refractivity contribution in [1.29, 1.82) is 0 Å². The molecular formula is C20H20N2O5S. The summed E-state index contributed by atoms with van der Waals surface area (Å²) >= 11 is 0. The Morgan fingerprint density at radius 3 is 2.50 bits per heavy atom. The highest BCUT2D eigenvalue weighted by Gasteiger charge is 2.26. The summed E-state index contributed by atoms with van der Waals surface area (Å²) in [6.07, 6.45) is 4.75. The largest absolute Gasteiger partial charge is 0.468 e. The van der Waals surface area contributed by atoms with Crippen molar-refractivity contribution in [1.82, 2.24) is 9.29 Å². The highest BCUT2D eigenvalue weighted by Crippen LogP contribution is 2.22. The number of aromatic nitrogens is 1. The molecule has 2 aromatic heterocycles. The number of esters is 1. The molecule has 0 bridgehead atoms. The van der Waals surface area contributed by atoms with Crippen molar-refractivity contribution in [3.8, 4) is 0 Å². The highest BCUT2D eigenvalue weighted by molar-refractivity contribution is 7.89. The Kier molecular flexibility index (Phi) is 6.23. The second-order valence-corrected chi connectivity index (χ2v) is 7.90. The monoisotopic (exact) mass is 400 g/mol. The molecule has 0 N–H and O–H groups in total. The SMILES string of the molecule is CCOC(=O)c1ccc(S(=O)(=O)N(Cc2cccnc2)Cc2ccco2)cc1.